The molecule has 0 bridgehead atoms. The molecule has 0 unspecified atom stereocenters. The van der Waals surface area contributed by atoms with Crippen molar-refractivity contribution in [3.8, 4) is 5.69 Å². The first-order valence-corrected chi connectivity index (χ1v) is 12.8. The summed E-state index contributed by atoms with van der Waals surface area (Å²) in [5.41, 5.74) is 3.88. The van der Waals surface area contributed by atoms with E-state index < -0.39 is 10.2 Å². The number of aromatic nitrogens is 2. The second-order valence-corrected chi connectivity index (χ2v) is 11.1. The third-order valence-corrected chi connectivity index (χ3v) is 8.15. The van der Waals surface area contributed by atoms with Crippen LogP contribution in [0.1, 0.15) is 16.7 Å². The molecule has 0 amide bonds. The zero-order valence-corrected chi connectivity index (χ0v) is 21.1. The van der Waals surface area contributed by atoms with Gasteiger partial charge in [-0.3, -0.25) is 4.79 Å². The third-order valence-electron chi connectivity index (χ3n) is 5.98. The molecule has 1 fully saturated rings. The molecule has 1 saturated heterocycles. The van der Waals surface area contributed by atoms with Crippen molar-refractivity contribution in [3.63, 3.8) is 0 Å². The number of halogens is 1. The van der Waals surface area contributed by atoms with Crippen molar-refractivity contribution in [1.29, 1.82) is 0 Å². The number of piperazine rings is 1. The predicted octanol–water partition coefficient (Wildman–Crippen LogP) is 2.71. The van der Waals surface area contributed by atoms with Crippen molar-refractivity contribution in [2.75, 3.05) is 45.2 Å². The molecule has 0 N–H and O–H groups in total. The number of nitrogens with zero attached hydrogens (tertiary/aromatic N) is 5. The lowest BCUT2D eigenvalue weighted by atomic mass is 10.0. The molecule has 2 aromatic carbocycles. The molecule has 2 heterocycles. The van der Waals surface area contributed by atoms with E-state index in [9.17, 15) is 13.2 Å². The maximum Gasteiger partial charge on any atom is 0.281 e. The number of benzene rings is 2. The van der Waals surface area contributed by atoms with Gasteiger partial charge in [-0.05, 0) is 30.7 Å². The Hall–Kier alpha value is -2.72. The van der Waals surface area contributed by atoms with E-state index in [-0.39, 0.29) is 5.56 Å². The number of hydrogen-bond donors (Lipinski definition) is 0. The lowest BCUT2D eigenvalue weighted by Crippen LogP contribution is -2.52. The van der Waals surface area contributed by atoms with Crippen LogP contribution in [0.3, 0.4) is 0 Å². The molecular formula is C24H28ClN5O3S. The van der Waals surface area contributed by atoms with Gasteiger partial charge in [-0.25, -0.2) is 0 Å². The van der Waals surface area contributed by atoms with Gasteiger partial charge < -0.3 is 4.90 Å². The zero-order valence-electron chi connectivity index (χ0n) is 19.5. The number of hydrogen-bond acceptors (Lipinski definition) is 5. The maximum absolute atomic E-state index is 13.6. The van der Waals surface area contributed by atoms with Gasteiger partial charge in [0.25, 0.3) is 15.8 Å². The van der Waals surface area contributed by atoms with Crippen LogP contribution in [-0.4, -0.2) is 67.1 Å². The van der Waals surface area contributed by atoms with Crippen molar-refractivity contribution in [2.24, 2.45) is 0 Å². The predicted molar refractivity (Wildman–Crippen MR) is 135 cm³/mol. The summed E-state index contributed by atoms with van der Waals surface area (Å²) in [6.07, 6.45) is 2.13. The van der Waals surface area contributed by atoms with Crippen LogP contribution >= 0.6 is 11.6 Å². The first-order chi connectivity index (χ1) is 16.2. The molecule has 34 heavy (non-hydrogen) atoms. The summed E-state index contributed by atoms with van der Waals surface area (Å²) in [7, 11) is -0.420. The molecule has 1 aliphatic rings. The van der Waals surface area contributed by atoms with Crippen LogP contribution in [0.2, 0.25) is 5.02 Å². The molecule has 3 aromatic rings. The fourth-order valence-corrected chi connectivity index (χ4v) is 5.28. The van der Waals surface area contributed by atoms with Crippen LogP contribution in [0.25, 0.3) is 5.69 Å². The van der Waals surface area contributed by atoms with E-state index in [1.807, 2.05) is 36.1 Å². The van der Waals surface area contributed by atoms with E-state index in [1.165, 1.54) is 27.4 Å². The Morgan fingerprint density at radius 2 is 1.71 bits per heavy atom. The Balaban J connectivity index is 1.71. The van der Waals surface area contributed by atoms with Crippen LogP contribution in [0.5, 0.6) is 0 Å². The highest BCUT2D eigenvalue weighted by atomic mass is 35.5. The number of anilines is 1. The summed E-state index contributed by atoms with van der Waals surface area (Å²) in [6, 6.07) is 15.1. The normalized spacial score (nSPS) is 15.1. The van der Waals surface area contributed by atoms with E-state index >= 15 is 0 Å². The van der Waals surface area contributed by atoms with Crippen molar-refractivity contribution >= 4 is 27.5 Å². The van der Waals surface area contributed by atoms with Crippen LogP contribution in [0.4, 0.5) is 5.69 Å². The SMILES string of the molecule is Cc1ccc(Cc2c(N3CCN(S(=O)(=O)N(C)C)CC3)cnn(-c3cccc(Cl)c3)c2=O)cc1. The van der Waals surface area contributed by atoms with Crippen LogP contribution < -0.4 is 10.5 Å². The Labute approximate surface area is 205 Å². The summed E-state index contributed by atoms with van der Waals surface area (Å²) in [5, 5.41) is 4.96. The largest absolute Gasteiger partial charge is 0.367 e. The topological polar surface area (TPSA) is 78.8 Å². The fourth-order valence-electron chi connectivity index (χ4n) is 4.01. The Morgan fingerprint density at radius 1 is 1.03 bits per heavy atom. The molecule has 10 heteroatoms. The highest BCUT2D eigenvalue weighted by Crippen LogP contribution is 2.23. The monoisotopic (exact) mass is 501 g/mol. The molecule has 180 valence electrons. The average molecular weight is 502 g/mol. The molecule has 1 aliphatic heterocycles. The van der Waals surface area contributed by atoms with Crippen LogP contribution in [0.15, 0.2) is 59.5 Å². The lowest BCUT2D eigenvalue weighted by Gasteiger charge is -2.37. The quantitative estimate of drug-likeness (QED) is 0.519. The van der Waals surface area contributed by atoms with Gasteiger partial charge in [-0.1, -0.05) is 47.5 Å². The lowest BCUT2D eigenvalue weighted by molar-refractivity contribution is 0.355. The second-order valence-electron chi connectivity index (χ2n) is 8.54. The summed E-state index contributed by atoms with van der Waals surface area (Å²) >= 11 is 6.15. The van der Waals surface area contributed by atoms with Gasteiger partial charge in [0.2, 0.25) is 0 Å². The van der Waals surface area contributed by atoms with E-state index in [2.05, 4.69) is 5.10 Å². The zero-order chi connectivity index (χ0) is 24.5. The average Bonchev–Trinajstić information content (AvgIpc) is 2.81. The second kappa shape index (κ2) is 9.87. The summed E-state index contributed by atoms with van der Waals surface area (Å²) in [5.74, 6) is 0. The highest BCUT2D eigenvalue weighted by molar-refractivity contribution is 7.86. The molecule has 1 aromatic heterocycles. The van der Waals surface area contributed by atoms with Crippen LogP contribution in [-0.2, 0) is 16.6 Å². The van der Waals surface area contributed by atoms with Gasteiger partial charge in [0, 0.05) is 57.3 Å². The Bertz CT molecular complexity index is 1330. The summed E-state index contributed by atoms with van der Waals surface area (Å²) < 4.78 is 29.1. The molecule has 4 rings (SSSR count). The Kier molecular flexibility index (Phi) is 7.09. The summed E-state index contributed by atoms with van der Waals surface area (Å²) in [4.78, 5) is 15.7. The van der Waals surface area contributed by atoms with Crippen molar-refractivity contribution in [3.05, 3.63) is 86.8 Å². The summed E-state index contributed by atoms with van der Waals surface area (Å²) in [6.45, 7) is 3.63. The van der Waals surface area contributed by atoms with Gasteiger partial charge in [-0.15, -0.1) is 0 Å². The third kappa shape index (κ3) is 5.02. The van der Waals surface area contributed by atoms with Gasteiger partial charge >= 0.3 is 0 Å². The smallest absolute Gasteiger partial charge is 0.281 e. The maximum atomic E-state index is 13.6. The van der Waals surface area contributed by atoms with Gasteiger partial charge in [-0.2, -0.15) is 26.8 Å². The van der Waals surface area contributed by atoms with Crippen molar-refractivity contribution < 1.29 is 8.42 Å². The standard InChI is InChI=1S/C24H28ClN5O3S/c1-18-7-9-19(10-8-18)15-22-23(28-11-13-29(14-12-28)34(32,33)27(2)3)17-26-30(24(22)31)21-6-4-5-20(25)16-21/h4-10,16-17H,11-15H2,1-3H3. The van der Waals surface area contributed by atoms with Gasteiger partial charge in [0.05, 0.1) is 17.6 Å². The highest BCUT2D eigenvalue weighted by Gasteiger charge is 2.30. The molecule has 0 saturated carbocycles. The minimum atomic E-state index is -3.48. The first kappa shape index (κ1) is 24.4. The number of aryl methyl sites for hydroxylation is 1. The first-order valence-electron chi connectivity index (χ1n) is 11.0. The Morgan fingerprint density at radius 3 is 2.32 bits per heavy atom. The fraction of sp³-hybridized carbons (Fsp3) is 0.333. The van der Waals surface area contributed by atoms with Crippen molar-refractivity contribution in [2.45, 2.75) is 13.3 Å². The van der Waals surface area contributed by atoms with E-state index in [1.54, 1.807) is 30.5 Å². The molecule has 0 radical (unpaired) electrons. The molecule has 0 atom stereocenters. The van der Waals surface area contributed by atoms with Crippen molar-refractivity contribution in [1.82, 2.24) is 18.4 Å². The number of rotatable bonds is 6. The molecule has 0 spiro atoms. The molecule has 8 nitrogen and oxygen atoms in total. The van der Waals surface area contributed by atoms with E-state index in [0.717, 1.165) is 16.8 Å². The minimum Gasteiger partial charge on any atom is -0.367 e. The molecular weight excluding hydrogens is 474 g/mol. The van der Waals surface area contributed by atoms with Gasteiger partial charge in [0.1, 0.15) is 0 Å². The van der Waals surface area contributed by atoms with E-state index in [4.69, 9.17) is 11.6 Å². The minimum absolute atomic E-state index is 0.219. The van der Waals surface area contributed by atoms with E-state index in [0.29, 0.717) is 48.9 Å². The molecule has 0 aliphatic carbocycles. The van der Waals surface area contributed by atoms with Crippen LogP contribution in [0, 0.1) is 6.92 Å². The van der Waals surface area contributed by atoms with Gasteiger partial charge in [0.15, 0.2) is 0 Å².